The Morgan fingerprint density at radius 3 is 2.62 bits per heavy atom. The van der Waals surface area contributed by atoms with E-state index >= 15 is 0 Å². The summed E-state index contributed by atoms with van der Waals surface area (Å²) in [6, 6.07) is 0.327. The Balaban J connectivity index is 2.99. The van der Waals surface area contributed by atoms with Crippen molar-refractivity contribution in [1.82, 2.24) is 9.55 Å². The van der Waals surface area contributed by atoms with Crippen molar-refractivity contribution in [3.8, 4) is 0 Å². The maximum atomic E-state index is 5.55. The molecule has 0 aliphatic heterocycles. The maximum absolute atomic E-state index is 5.55. The molecular formula is C12H22N2OS. The lowest BCUT2D eigenvalue weighted by atomic mass is 10.0. The van der Waals surface area contributed by atoms with Crippen LogP contribution in [0.1, 0.15) is 39.4 Å². The SMILES string of the molecule is CCOCC(C(C)C)n1c(CC)c[nH]c1=S. The number of aryl methyl sites for hydroxylation is 1. The van der Waals surface area contributed by atoms with Gasteiger partial charge in [0.25, 0.3) is 0 Å². The number of rotatable bonds is 6. The molecule has 4 heteroatoms. The third-order valence-electron chi connectivity index (χ3n) is 2.85. The van der Waals surface area contributed by atoms with Gasteiger partial charge in [-0.2, -0.15) is 0 Å². The molecule has 1 aromatic heterocycles. The minimum Gasteiger partial charge on any atom is -0.380 e. The van der Waals surface area contributed by atoms with Crippen LogP contribution in [0.5, 0.6) is 0 Å². The average Bonchev–Trinajstić information content (AvgIpc) is 2.61. The van der Waals surface area contributed by atoms with E-state index in [2.05, 4.69) is 30.3 Å². The van der Waals surface area contributed by atoms with E-state index in [1.165, 1.54) is 5.69 Å². The summed E-state index contributed by atoms with van der Waals surface area (Å²) in [5.74, 6) is 0.513. The molecule has 0 saturated carbocycles. The highest BCUT2D eigenvalue weighted by Gasteiger charge is 2.18. The third-order valence-corrected chi connectivity index (χ3v) is 3.16. The molecule has 1 aromatic rings. The van der Waals surface area contributed by atoms with Crippen molar-refractivity contribution in [2.24, 2.45) is 5.92 Å². The van der Waals surface area contributed by atoms with Gasteiger partial charge in [0.1, 0.15) is 0 Å². The predicted molar refractivity (Wildman–Crippen MR) is 69.4 cm³/mol. The molecule has 0 bridgehead atoms. The third kappa shape index (κ3) is 2.95. The van der Waals surface area contributed by atoms with Gasteiger partial charge >= 0.3 is 0 Å². The van der Waals surface area contributed by atoms with Gasteiger partial charge in [-0.05, 0) is 31.5 Å². The van der Waals surface area contributed by atoms with Crippen molar-refractivity contribution in [1.29, 1.82) is 0 Å². The first-order valence-electron chi connectivity index (χ1n) is 5.98. The Hall–Kier alpha value is -0.610. The molecule has 0 saturated heterocycles. The van der Waals surface area contributed by atoms with Gasteiger partial charge in [0.15, 0.2) is 4.77 Å². The average molecular weight is 242 g/mol. The van der Waals surface area contributed by atoms with Crippen molar-refractivity contribution in [2.75, 3.05) is 13.2 Å². The molecule has 0 fully saturated rings. The number of imidazole rings is 1. The summed E-state index contributed by atoms with van der Waals surface area (Å²) in [6.45, 7) is 10.1. The highest BCUT2D eigenvalue weighted by Crippen LogP contribution is 2.21. The Kier molecular flexibility index (Phi) is 5.22. The van der Waals surface area contributed by atoms with Crippen molar-refractivity contribution in [3.05, 3.63) is 16.7 Å². The largest absolute Gasteiger partial charge is 0.380 e. The topological polar surface area (TPSA) is 29.9 Å². The van der Waals surface area contributed by atoms with Crippen LogP contribution in [0.3, 0.4) is 0 Å². The lowest BCUT2D eigenvalue weighted by Crippen LogP contribution is -2.22. The van der Waals surface area contributed by atoms with Crippen molar-refractivity contribution in [3.63, 3.8) is 0 Å². The zero-order valence-electron chi connectivity index (χ0n) is 10.6. The molecule has 92 valence electrons. The highest BCUT2D eigenvalue weighted by atomic mass is 32.1. The first-order chi connectivity index (χ1) is 7.61. The van der Waals surface area contributed by atoms with Crippen LogP contribution in [0.4, 0.5) is 0 Å². The molecule has 1 rings (SSSR count). The smallest absolute Gasteiger partial charge is 0.177 e. The predicted octanol–water partition coefficient (Wildman–Crippen LogP) is 3.34. The van der Waals surface area contributed by atoms with Crippen LogP contribution < -0.4 is 0 Å². The molecular weight excluding hydrogens is 220 g/mol. The number of aromatic amines is 1. The zero-order chi connectivity index (χ0) is 12.1. The van der Waals surface area contributed by atoms with E-state index in [0.717, 1.165) is 24.4 Å². The molecule has 1 heterocycles. The zero-order valence-corrected chi connectivity index (χ0v) is 11.4. The molecule has 16 heavy (non-hydrogen) atoms. The number of hydrogen-bond donors (Lipinski definition) is 1. The molecule has 1 N–H and O–H groups in total. The summed E-state index contributed by atoms with van der Waals surface area (Å²) in [4.78, 5) is 3.12. The lowest BCUT2D eigenvalue weighted by Gasteiger charge is -2.24. The Morgan fingerprint density at radius 1 is 1.44 bits per heavy atom. The fraction of sp³-hybridized carbons (Fsp3) is 0.750. The summed E-state index contributed by atoms with van der Waals surface area (Å²) < 4.78 is 8.56. The molecule has 0 spiro atoms. The molecule has 1 unspecified atom stereocenters. The Labute approximate surface area is 103 Å². The summed E-state index contributed by atoms with van der Waals surface area (Å²) >= 11 is 5.34. The number of ether oxygens (including phenoxy) is 1. The van der Waals surface area contributed by atoms with Crippen LogP contribution in [-0.4, -0.2) is 22.8 Å². The second-order valence-electron chi connectivity index (χ2n) is 4.28. The van der Waals surface area contributed by atoms with Crippen LogP contribution in [0.25, 0.3) is 0 Å². The number of H-pyrrole nitrogens is 1. The molecule has 0 aromatic carbocycles. The fourth-order valence-corrected chi connectivity index (χ4v) is 2.17. The summed E-state index contributed by atoms with van der Waals surface area (Å²) in [5.41, 5.74) is 1.25. The monoisotopic (exact) mass is 242 g/mol. The van der Waals surface area contributed by atoms with Gasteiger partial charge < -0.3 is 14.3 Å². The molecule has 0 amide bonds. The number of aromatic nitrogens is 2. The van der Waals surface area contributed by atoms with Gasteiger partial charge in [-0.3, -0.25) is 0 Å². The van der Waals surface area contributed by atoms with Crippen molar-refractivity contribution < 1.29 is 4.74 Å². The quantitative estimate of drug-likeness (QED) is 0.775. The Morgan fingerprint density at radius 2 is 2.12 bits per heavy atom. The van der Waals surface area contributed by atoms with E-state index in [9.17, 15) is 0 Å². The van der Waals surface area contributed by atoms with E-state index in [0.29, 0.717) is 12.0 Å². The van der Waals surface area contributed by atoms with Crippen molar-refractivity contribution >= 4 is 12.2 Å². The van der Waals surface area contributed by atoms with Crippen LogP contribution in [0, 0.1) is 10.7 Å². The van der Waals surface area contributed by atoms with Crippen LogP contribution >= 0.6 is 12.2 Å². The van der Waals surface area contributed by atoms with Gasteiger partial charge in [-0.1, -0.05) is 20.8 Å². The van der Waals surface area contributed by atoms with Gasteiger partial charge in [-0.15, -0.1) is 0 Å². The summed E-state index contributed by atoms with van der Waals surface area (Å²) in [5, 5.41) is 0. The van der Waals surface area contributed by atoms with Crippen LogP contribution in [-0.2, 0) is 11.2 Å². The summed E-state index contributed by atoms with van der Waals surface area (Å²) in [7, 11) is 0. The number of nitrogens with zero attached hydrogens (tertiary/aromatic N) is 1. The summed E-state index contributed by atoms with van der Waals surface area (Å²) in [6.07, 6.45) is 2.99. The second kappa shape index (κ2) is 6.21. The van der Waals surface area contributed by atoms with E-state index in [1.807, 2.05) is 13.1 Å². The first kappa shape index (κ1) is 13.5. The molecule has 0 aliphatic rings. The van der Waals surface area contributed by atoms with Crippen LogP contribution in [0.15, 0.2) is 6.20 Å². The molecule has 1 atom stereocenters. The van der Waals surface area contributed by atoms with E-state index in [4.69, 9.17) is 17.0 Å². The first-order valence-corrected chi connectivity index (χ1v) is 6.39. The van der Waals surface area contributed by atoms with E-state index < -0.39 is 0 Å². The van der Waals surface area contributed by atoms with Gasteiger partial charge in [-0.25, -0.2) is 0 Å². The van der Waals surface area contributed by atoms with Gasteiger partial charge in [0.05, 0.1) is 12.6 Å². The van der Waals surface area contributed by atoms with E-state index in [1.54, 1.807) is 0 Å². The Bertz CT molecular complexity index is 367. The van der Waals surface area contributed by atoms with Crippen LogP contribution in [0.2, 0.25) is 0 Å². The number of nitrogens with one attached hydrogen (secondary N) is 1. The van der Waals surface area contributed by atoms with Crippen molar-refractivity contribution in [2.45, 2.75) is 40.2 Å². The van der Waals surface area contributed by atoms with Gasteiger partial charge in [0.2, 0.25) is 0 Å². The van der Waals surface area contributed by atoms with E-state index in [-0.39, 0.29) is 0 Å². The normalized spacial score (nSPS) is 13.3. The second-order valence-corrected chi connectivity index (χ2v) is 4.67. The number of hydrogen-bond acceptors (Lipinski definition) is 2. The minimum absolute atomic E-state index is 0.327. The fourth-order valence-electron chi connectivity index (χ4n) is 1.85. The molecule has 3 nitrogen and oxygen atoms in total. The maximum Gasteiger partial charge on any atom is 0.177 e. The molecule has 0 aliphatic carbocycles. The minimum atomic E-state index is 0.327. The standard InChI is InChI=1S/C12H22N2OS/c1-5-10-7-13-12(16)14(10)11(9(3)4)8-15-6-2/h7,9,11H,5-6,8H2,1-4H3,(H,13,16). The molecule has 0 radical (unpaired) electrons. The van der Waals surface area contributed by atoms with Gasteiger partial charge in [0, 0.05) is 18.5 Å². The lowest BCUT2D eigenvalue weighted by molar-refractivity contribution is 0.0949. The highest BCUT2D eigenvalue weighted by molar-refractivity contribution is 7.71.